The van der Waals surface area contributed by atoms with Crippen LogP contribution in [0.15, 0.2) is 17.2 Å². The van der Waals surface area contributed by atoms with Gasteiger partial charge in [0, 0.05) is 30.5 Å². The fourth-order valence-electron chi connectivity index (χ4n) is 3.10. The third-order valence-corrected chi connectivity index (χ3v) is 6.54. The highest BCUT2D eigenvalue weighted by atomic mass is 35.5. The second-order valence-corrected chi connectivity index (χ2v) is 8.55. The van der Waals surface area contributed by atoms with Gasteiger partial charge >= 0.3 is 0 Å². The van der Waals surface area contributed by atoms with Crippen LogP contribution in [0.1, 0.15) is 52.3 Å². The SMILES string of the molecule is CC1CCN(S(=O)(=O)c2cc(CCl)n(C(C)C)c2)C(C)C1. The second-order valence-electron chi connectivity index (χ2n) is 6.40. The summed E-state index contributed by atoms with van der Waals surface area (Å²) >= 11 is 5.94. The number of piperidine rings is 1. The van der Waals surface area contributed by atoms with E-state index in [0.29, 0.717) is 23.2 Å². The van der Waals surface area contributed by atoms with Gasteiger partial charge in [-0.1, -0.05) is 6.92 Å². The summed E-state index contributed by atoms with van der Waals surface area (Å²) in [6.07, 6.45) is 3.58. The van der Waals surface area contributed by atoms with Crippen molar-refractivity contribution in [1.82, 2.24) is 8.87 Å². The van der Waals surface area contributed by atoms with Crippen molar-refractivity contribution in [2.45, 2.75) is 63.4 Å². The van der Waals surface area contributed by atoms with Gasteiger partial charge in [0.15, 0.2) is 0 Å². The topological polar surface area (TPSA) is 42.3 Å². The number of nitrogens with zero attached hydrogens (tertiary/aromatic N) is 2. The lowest BCUT2D eigenvalue weighted by Gasteiger charge is -2.35. The van der Waals surface area contributed by atoms with E-state index >= 15 is 0 Å². The van der Waals surface area contributed by atoms with Crippen LogP contribution in [0, 0.1) is 5.92 Å². The Kier molecular flexibility index (Phi) is 5.06. The largest absolute Gasteiger partial charge is 0.346 e. The first kappa shape index (κ1) is 16.8. The zero-order chi connectivity index (χ0) is 15.8. The minimum atomic E-state index is -3.43. The molecule has 2 rings (SSSR count). The highest BCUT2D eigenvalue weighted by Gasteiger charge is 2.34. The number of alkyl halides is 1. The number of aromatic nitrogens is 1. The number of hydrogen-bond donors (Lipinski definition) is 0. The zero-order valence-electron chi connectivity index (χ0n) is 13.2. The maximum absolute atomic E-state index is 12.9. The Morgan fingerprint density at radius 3 is 2.52 bits per heavy atom. The standard InChI is InChI=1S/C15H25ClN2O2S/c1-11(2)17-10-15(8-14(17)9-16)21(19,20)18-6-5-12(3)7-13(18)4/h8,10-13H,5-7,9H2,1-4H3. The summed E-state index contributed by atoms with van der Waals surface area (Å²) in [6, 6.07) is 1.97. The van der Waals surface area contributed by atoms with Crippen molar-refractivity contribution in [2.75, 3.05) is 6.54 Å². The molecule has 6 heteroatoms. The Morgan fingerprint density at radius 1 is 1.38 bits per heavy atom. The molecule has 0 aromatic carbocycles. The number of hydrogen-bond acceptors (Lipinski definition) is 2. The highest BCUT2D eigenvalue weighted by molar-refractivity contribution is 7.89. The van der Waals surface area contributed by atoms with Gasteiger partial charge in [0.05, 0.1) is 5.88 Å². The van der Waals surface area contributed by atoms with Crippen molar-refractivity contribution in [3.05, 3.63) is 18.0 Å². The Hall–Kier alpha value is -0.520. The lowest BCUT2D eigenvalue weighted by molar-refractivity contribution is 0.220. The maximum Gasteiger partial charge on any atom is 0.244 e. The third-order valence-electron chi connectivity index (χ3n) is 4.28. The predicted octanol–water partition coefficient (Wildman–Crippen LogP) is 3.62. The van der Waals surface area contributed by atoms with Crippen molar-refractivity contribution in [1.29, 1.82) is 0 Å². The van der Waals surface area contributed by atoms with Crippen LogP contribution < -0.4 is 0 Å². The van der Waals surface area contributed by atoms with Crippen LogP contribution in [-0.4, -0.2) is 29.9 Å². The fourth-order valence-corrected chi connectivity index (χ4v) is 5.03. The van der Waals surface area contributed by atoms with Crippen molar-refractivity contribution in [3.8, 4) is 0 Å². The smallest absolute Gasteiger partial charge is 0.244 e. The molecule has 1 aliphatic heterocycles. The predicted molar refractivity (Wildman–Crippen MR) is 86.1 cm³/mol. The molecule has 2 unspecified atom stereocenters. The van der Waals surface area contributed by atoms with Gasteiger partial charge in [0.1, 0.15) is 4.90 Å². The van der Waals surface area contributed by atoms with Gasteiger partial charge in [-0.3, -0.25) is 0 Å². The van der Waals surface area contributed by atoms with Crippen LogP contribution in [0.4, 0.5) is 0 Å². The monoisotopic (exact) mass is 332 g/mol. The molecule has 1 aromatic rings. The van der Waals surface area contributed by atoms with Gasteiger partial charge in [-0.05, 0) is 45.6 Å². The molecule has 0 N–H and O–H groups in total. The molecule has 0 saturated carbocycles. The lowest BCUT2D eigenvalue weighted by atomic mass is 9.95. The summed E-state index contributed by atoms with van der Waals surface area (Å²) in [5.74, 6) is 0.908. The van der Waals surface area contributed by atoms with Gasteiger partial charge in [-0.25, -0.2) is 8.42 Å². The molecule has 1 saturated heterocycles. The van der Waals surface area contributed by atoms with Gasteiger partial charge < -0.3 is 4.57 Å². The van der Waals surface area contributed by atoms with E-state index in [1.54, 1.807) is 16.6 Å². The molecule has 0 radical (unpaired) electrons. The molecular formula is C15H25ClN2O2S. The van der Waals surface area contributed by atoms with Crippen LogP contribution in [0.2, 0.25) is 0 Å². The molecule has 120 valence electrons. The molecule has 2 atom stereocenters. The maximum atomic E-state index is 12.9. The van der Waals surface area contributed by atoms with E-state index in [1.165, 1.54) is 0 Å². The Bertz CT molecular complexity index is 595. The number of sulfonamides is 1. The summed E-state index contributed by atoms with van der Waals surface area (Å²) < 4.78 is 29.3. The zero-order valence-corrected chi connectivity index (χ0v) is 14.8. The van der Waals surface area contributed by atoms with Crippen molar-refractivity contribution in [2.24, 2.45) is 5.92 Å². The van der Waals surface area contributed by atoms with E-state index in [9.17, 15) is 8.42 Å². The summed E-state index contributed by atoms with van der Waals surface area (Å²) in [5, 5.41) is 0. The molecule has 1 aromatic heterocycles. The second kappa shape index (κ2) is 6.31. The Morgan fingerprint density at radius 2 is 2.05 bits per heavy atom. The third kappa shape index (κ3) is 3.30. The summed E-state index contributed by atoms with van der Waals surface area (Å²) in [6.45, 7) is 8.83. The Labute approximate surface area is 133 Å². The first-order valence-electron chi connectivity index (χ1n) is 7.56. The van der Waals surface area contributed by atoms with Crippen LogP contribution >= 0.6 is 11.6 Å². The Balaban J connectivity index is 2.36. The summed E-state index contributed by atoms with van der Waals surface area (Å²) in [5.41, 5.74) is 0.850. The fraction of sp³-hybridized carbons (Fsp3) is 0.733. The first-order chi connectivity index (χ1) is 9.77. The lowest BCUT2D eigenvalue weighted by Crippen LogP contribution is -2.43. The number of rotatable bonds is 4. The van der Waals surface area contributed by atoms with E-state index < -0.39 is 10.0 Å². The highest BCUT2D eigenvalue weighted by Crippen LogP contribution is 2.30. The van der Waals surface area contributed by atoms with E-state index in [4.69, 9.17) is 11.6 Å². The van der Waals surface area contributed by atoms with E-state index in [2.05, 4.69) is 6.92 Å². The van der Waals surface area contributed by atoms with Gasteiger partial charge in [-0.2, -0.15) is 4.31 Å². The molecule has 4 nitrogen and oxygen atoms in total. The average Bonchev–Trinajstić information content (AvgIpc) is 2.83. The van der Waals surface area contributed by atoms with Crippen LogP contribution in [-0.2, 0) is 15.9 Å². The quantitative estimate of drug-likeness (QED) is 0.790. The minimum Gasteiger partial charge on any atom is -0.346 e. The van der Waals surface area contributed by atoms with Crippen molar-refractivity contribution < 1.29 is 8.42 Å². The summed E-state index contributed by atoms with van der Waals surface area (Å²) in [7, 11) is -3.43. The summed E-state index contributed by atoms with van der Waals surface area (Å²) in [4.78, 5) is 0.369. The van der Waals surface area contributed by atoms with E-state index in [-0.39, 0.29) is 12.1 Å². The van der Waals surface area contributed by atoms with E-state index in [1.807, 2.05) is 25.3 Å². The van der Waals surface area contributed by atoms with Gasteiger partial charge in [-0.15, -0.1) is 11.6 Å². The molecule has 2 heterocycles. The average molecular weight is 333 g/mol. The molecule has 1 fully saturated rings. The minimum absolute atomic E-state index is 0.0561. The first-order valence-corrected chi connectivity index (χ1v) is 9.53. The van der Waals surface area contributed by atoms with Crippen LogP contribution in [0.5, 0.6) is 0 Å². The molecule has 0 spiro atoms. The van der Waals surface area contributed by atoms with Gasteiger partial charge in [0.25, 0.3) is 0 Å². The van der Waals surface area contributed by atoms with Crippen LogP contribution in [0.25, 0.3) is 0 Å². The van der Waals surface area contributed by atoms with Crippen LogP contribution in [0.3, 0.4) is 0 Å². The van der Waals surface area contributed by atoms with Crippen molar-refractivity contribution >= 4 is 21.6 Å². The van der Waals surface area contributed by atoms with E-state index in [0.717, 1.165) is 18.5 Å². The van der Waals surface area contributed by atoms with Crippen molar-refractivity contribution in [3.63, 3.8) is 0 Å². The molecule has 1 aliphatic rings. The molecule has 0 amide bonds. The number of halogens is 1. The normalized spacial score (nSPS) is 24.7. The van der Waals surface area contributed by atoms with Gasteiger partial charge in [0.2, 0.25) is 10.0 Å². The molecule has 0 bridgehead atoms. The molecule has 0 aliphatic carbocycles. The molecular weight excluding hydrogens is 308 g/mol. The molecule has 21 heavy (non-hydrogen) atoms.